The van der Waals surface area contributed by atoms with Crippen LogP contribution < -0.4 is 11.1 Å². The molecule has 0 bridgehead atoms. The van der Waals surface area contributed by atoms with E-state index in [1.165, 1.54) is 36.0 Å². The third kappa shape index (κ3) is 3.81. The molecular formula is C15H18ClF3N4O. The van der Waals surface area contributed by atoms with E-state index in [9.17, 15) is 18.0 Å². The molecule has 24 heavy (non-hydrogen) atoms. The summed E-state index contributed by atoms with van der Waals surface area (Å²) in [5.74, 6) is -0.246. The monoisotopic (exact) mass is 362 g/mol. The zero-order valence-corrected chi connectivity index (χ0v) is 14.1. The van der Waals surface area contributed by atoms with Crippen molar-refractivity contribution in [1.29, 1.82) is 0 Å². The van der Waals surface area contributed by atoms with E-state index in [2.05, 4.69) is 10.4 Å². The highest BCUT2D eigenvalue weighted by Gasteiger charge is 2.34. The highest BCUT2D eigenvalue weighted by molar-refractivity contribution is 5.96. The van der Waals surface area contributed by atoms with Crippen LogP contribution in [0.3, 0.4) is 0 Å². The van der Waals surface area contributed by atoms with Gasteiger partial charge in [0, 0.05) is 11.9 Å². The van der Waals surface area contributed by atoms with Crippen LogP contribution in [0.4, 0.5) is 24.7 Å². The predicted molar refractivity (Wildman–Crippen MR) is 88.0 cm³/mol. The molecule has 9 heteroatoms. The standard InChI is InChI=1S/C15H17F3N4O.ClH/c1-9-10(15(16,17)18)5-4-6-11(9)20-13(23)14(2,3)22-8-7-12(19)21-22;/h4-8H,1-3H3,(H2,19,21)(H,20,23);1H. The van der Waals surface area contributed by atoms with Crippen molar-refractivity contribution in [2.75, 3.05) is 11.1 Å². The van der Waals surface area contributed by atoms with Crippen LogP contribution in [0, 0.1) is 6.92 Å². The minimum absolute atomic E-state index is 0. The second-order valence-electron chi connectivity index (χ2n) is 5.67. The summed E-state index contributed by atoms with van der Waals surface area (Å²) < 4.78 is 40.1. The molecule has 0 aliphatic heterocycles. The van der Waals surface area contributed by atoms with E-state index in [0.29, 0.717) is 0 Å². The van der Waals surface area contributed by atoms with Crippen LogP contribution in [0.5, 0.6) is 0 Å². The minimum Gasteiger partial charge on any atom is -0.382 e. The van der Waals surface area contributed by atoms with Crippen LogP contribution >= 0.6 is 12.4 Å². The molecule has 1 amide bonds. The van der Waals surface area contributed by atoms with E-state index >= 15 is 0 Å². The largest absolute Gasteiger partial charge is 0.416 e. The van der Waals surface area contributed by atoms with Gasteiger partial charge in [0.15, 0.2) is 0 Å². The first-order valence-corrected chi connectivity index (χ1v) is 6.83. The molecular weight excluding hydrogens is 345 g/mol. The van der Waals surface area contributed by atoms with Gasteiger partial charge in [-0.3, -0.25) is 9.48 Å². The summed E-state index contributed by atoms with van der Waals surface area (Å²) in [7, 11) is 0. The fourth-order valence-corrected chi connectivity index (χ4v) is 2.11. The number of hydrogen-bond acceptors (Lipinski definition) is 3. The highest BCUT2D eigenvalue weighted by atomic mass is 35.5. The van der Waals surface area contributed by atoms with Gasteiger partial charge in [0.1, 0.15) is 11.4 Å². The van der Waals surface area contributed by atoms with Crippen molar-refractivity contribution in [3.05, 3.63) is 41.6 Å². The van der Waals surface area contributed by atoms with Crippen LogP contribution in [0.25, 0.3) is 0 Å². The Labute approximate surface area is 143 Å². The minimum atomic E-state index is -4.48. The average molecular weight is 363 g/mol. The summed E-state index contributed by atoms with van der Waals surface area (Å²) in [6, 6.07) is 5.19. The van der Waals surface area contributed by atoms with Crippen LogP contribution in [0.2, 0.25) is 0 Å². The van der Waals surface area contributed by atoms with Gasteiger partial charge >= 0.3 is 6.18 Å². The number of carbonyl (C=O) groups is 1. The molecule has 5 nitrogen and oxygen atoms in total. The maximum absolute atomic E-state index is 12.9. The van der Waals surface area contributed by atoms with Crippen LogP contribution in [0.15, 0.2) is 30.5 Å². The number of amides is 1. The lowest BCUT2D eigenvalue weighted by molar-refractivity contribution is -0.138. The second kappa shape index (κ2) is 6.72. The number of nitrogens with two attached hydrogens (primary N) is 1. The number of nitrogens with zero attached hydrogens (tertiary/aromatic N) is 2. The fraction of sp³-hybridized carbons (Fsp3) is 0.333. The normalized spacial score (nSPS) is 11.8. The molecule has 1 heterocycles. The van der Waals surface area contributed by atoms with Gasteiger partial charge in [-0.05, 0) is 44.5 Å². The molecule has 0 aliphatic rings. The highest BCUT2D eigenvalue weighted by Crippen LogP contribution is 2.34. The lowest BCUT2D eigenvalue weighted by atomic mass is 10.0. The lowest BCUT2D eigenvalue weighted by Gasteiger charge is -2.25. The molecule has 0 unspecified atom stereocenters. The van der Waals surface area contributed by atoms with E-state index < -0.39 is 23.2 Å². The Kier molecular flexibility index (Phi) is 5.55. The molecule has 1 aromatic carbocycles. The van der Waals surface area contributed by atoms with Crippen LogP contribution in [-0.2, 0) is 16.5 Å². The first-order valence-electron chi connectivity index (χ1n) is 6.83. The Morgan fingerprint density at radius 3 is 2.38 bits per heavy atom. The number of rotatable bonds is 3. The molecule has 0 spiro atoms. The Morgan fingerprint density at radius 1 is 1.25 bits per heavy atom. The first kappa shape index (κ1) is 19.8. The first-order chi connectivity index (χ1) is 10.5. The molecule has 2 aromatic rings. The predicted octanol–water partition coefficient (Wildman–Crippen LogP) is 3.59. The maximum Gasteiger partial charge on any atom is 0.416 e. The van der Waals surface area contributed by atoms with Gasteiger partial charge in [-0.2, -0.15) is 18.3 Å². The maximum atomic E-state index is 12.9. The summed E-state index contributed by atoms with van der Waals surface area (Å²) in [5, 5.41) is 6.51. The van der Waals surface area contributed by atoms with Gasteiger partial charge in [-0.1, -0.05) is 6.07 Å². The van der Waals surface area contributed by atoms with Crippen molar-refractivity contribution in [2.24, 2.45) is 0 Å². The molecule has 0 saturated carbocycles. The number of nitrogen functional groups attached to an aromatic ring is 1. The Morgan fingerprint density at radius 2 is 1.88 bits per heavy atom. The van der Waals surface area contributed by atoms with Crippen molar-refractivity contribution in [3.63, 3.8) is 0 Å². The van der Waals surface area contributed by atoms with Crippen molar-refractivity contribution in [3.8, 4) is 0 Å². The third-order valence-corrected chi connectivity index (χ3v) is 3.63. The van der Waals surface area contributed by atoms with Gasteiger partial charge < -0.3 is 11.1 Å². The van der Waals surface area contributed by atoms with Crippen molar-refractivity contribution < 1.29 is 18.0 Å². The molecule has 1 aromatic heterocycles. The smallest absolute Gasteiger partial charge is 0.382 e. The molecule has 2 rings (SSSR count). The van der Waals surface area contributed by atoms with Crippen LogP contribution in [-0.4, -0.2) is 15.7 Å². The SMILES string of the molecule is Cc1c(NC(=O)C(C)(C)n2ccc(N)n2)cccc1C(F)(F)F.Cl. The van der Waals surface area contributed by atoms with Crippen molar-refractivity contribution in [1.82, 2.24) is 9.78 Å². The molecule has 0 atom stereocenters. The molecule has 0 radical (unpaired) electrons. The number of alkyl halides is 3. The summed E-state index contributed by atoms with van der Waals surface area (Å²) in [6.45, 7) is 4.51. The Hall–Kier alpha value is -2.22. The molecule has 0 saturated heterocycles. The third-order valence-electron chi connectivity index (χ3n) is 3.63. The Bertz CT molecular complexity index is 741. The lowest BCUT2D eigenvalue weighted by Crippen LogP contribution is -2.40. The molecule has 132 valence electrons. The number of aromatic nitrogens is 2. The molecule has 3 N–H and O–H groups in total. The average Bonchev–Trinajstić information content (AvgIpc) is 2.87. The summed E-state index contributed by atoms with van der Waals surface area (Å²) in [5.41, 5.74) is 3.71. The molecule has 0 aliphatic carbocycles. The molecule has 0 fully saturated rings. The van der Waals surface area contributed by atoms with E-state index in [-0.39, 0.29) is 29.5 Å². The number of nitrogens with one attached hydrogen (secondary N) is 1. The number of halogens is 4. The Balaban J connectivity index is 0.00000288. The van der Waals surface area contributed by atoms with Crippen LogP contribution in [0.1, 0.15) is 25.0 Å². The number of hydrogen-bond donors (Lipinski definition) is 2. The van der Waals surface area contributed by atoms with Gasteiger partial charge in [-0.25, -0.2) is 0 Å². The van der Waals surface area contributed by atoms with Gasteiger partial charge in [0.2, 0.25) is 0 Å². The summed E-state index contributed by atoms with van der Waals surface area (Å²) in [6.07, 6.45) is -2.94. The van der Waals surface area contributed by atoms with Crippen molar-refractivity contribution >= 4 is 29.8 Å². The quantitative estimate of drug-likeness (QED) is 0.876. The zero-order valence-electron chi connectivity index (χ0n) is 13.3. The van der Waals surface area contributed by atoms with Gasteiger partial charge in [-0.15, -0.1) is 12.4 Å². The fourth-order valence-electron chi connectivity index (χ4n) is 2.11. The van der Waals surface area contributed by atoms with E-state index in [1.54, 1.807) is 13.8 Å². The van der Waals surface area contributed by atoms with Gasteiger partial charge in [0.05, 0.1) is 5.56 Å². The van der Waals surface area contributed by atoms with E-state index in [1.807, 2.05) is 0 Å². The number of benzene rings is 1. The summed E-state index contributed by atoms with van der Waals surface area (Å²) in [4.78, 5) is 12.5. The van der Waals surface area contributed by atoms with Gasteiger partial charge in [0.25, 0.3) is 5.91 Å². The second-order valence-corrected chi connectivity index (χ2v) is 5.67. The van der Waals surface area contributed by atoms with E-state index in [4.69, 9.17) is 5.73 Å². The zero-order chi connectivity index (χ0) is 17.4. The van der Waals surface area contributed by atoms with Crippen molar-refractivity contribution in [2.45, 2.75) is 32.5 Å². The van der Waals surface area contributed by atoms with E-state index in [0.717, 1.165) is 6.07 Å². The summed E-state index contributed by atoms with van der Waals surface area (Å²) >= 11 is 0. The topological polar surface area (TPSA) is 72.9 Å². The number of carbonyl (C=O) groups excluding carboxylic acids is 1. The number of anilines is 2.